The van der Waals surface area contributed by atoms with Gasteiger partial charge in [-0.25, -0.2) is 13.8 Å². The lowest BCUT2D eigenvalue weighted by Gasteiger charge is -2.30. The summed E-state index contributed by atoms with van der Waals surface area (Å²) in [5, 5.41) is 3.51. The third-order valence-corrected chi connectivity index (χ3v) is 3.19. The number of nitrogens with zero attached hydrogens (tertiary/aromatic N) is 3. The standard InChI is InChI=1S/C11H7ClF5N3/c12-10(11(15,16)17,4-20-6-18-5-19-20)8-2-1-7(13)3-9(8)14/h1-3,5-6H,4H2. The molecule has 1 aromatic heterocycles. The first-order valence-electron chi connectivity index (χ1n) is 5.27. The Morgan fingerprint density at radius 3 is 2.40 bits per heavy atom. The van der Waals surface area contributed by atoms with Crippen LogP contribution in [0.5, 0.6) is 0 Å². The van der Waals surface area contributed by atoms with Crippen molar-refractivity contribution in [3.8, 4) is 0 Å². The van der Waals surface area contributed by atoms with Crippen LogP contribution in [0.15, 0.2) is 30.9 Å². The van der Waals surface area contributed by atoms with Crippen molar-refractivity contribution >= 4 is 11.6 Å². The molecule has 0 aliphatic rings. The molecule has 0 radical (unpaired) electrons. The number of hydrogen-bond donors (Lipinski definition) is 0. The maximum Gasteiger partial charge on any atom is 0.413 e. The van der Waals surface area contributed by atoms with Gasteiger partial charge >= 0.3 is 6.18 Å². The zero-order chi connectivity index (χ0) is 15.0. The predicted molar refractivity (Wildman–Crippen MR) is 60.0 cm³/mol. The summed E-state index contributed by atoms with van der Waals surface area (Å²) in [6.45, 7) is -0.888. The first-order valence-corrected chi connectivity index (χ1v) is 5.65. The summed E-state index contributed by atoms with van der Waals surface area (Å²) >= 11 is 5.61. The maximum atomic E-state index is 13.6. The number of alkyl halides is 4. The molecule has 0 fully saturated rings. The van der Waals surface area contributed by atoms with Crippen molar-refractivity contribution in [1.82, 2.24) is 14.8 Å². The smallest absolute Gasteiger partial charge is 0.250 e. The molecule has 1 heterocycles. The van der Waals surface area contributed by atoms with Gasteiger partial charge in [-0.1, -0.05) is 6.07 Å². The van der Waals surface area contributed by atoms with E-state index in [-0.39, 0.29) is 0 Å². The fraction of sp³-hybridized carbons (Fsp3) is 0.273. The molecule has 9 heteroatoms. The molecule has 0 aliphatic carbocycles. The minimum atomic E-state index is -4.97. The van der Waals surface area contributed by atoms with Crippen molar-refractivity contribution in [2.24, 2.45) is 0 Å². The van der Waals surface area contributed by atoms with Crippen LogP contribution in [0.25, 0.3) is 0 Å². The molecule has 1 unspecified atom stereocenters. The Bertz CT molecular complexity index is 599. The highest BCUT2D eigenvalue weighted by molar-refractivity contribution is 6.24. The van der Waals surface area contributed by atoms with Crippen LogP contribution in [0.1, 0.15) is 5.56 Å². The van der Waals surface area contributed by atoms with Crippen molar-refractivity contribution in [1.29, 1.82) is 0 Å². The SMILES string of the molecule is Fc1ccc(C(Cl)(Cn2cncn2)C(F)(F)F)c(F)c1. The van der Waals surface area contributed by atoms with E-state index in [2.05, 4.69) is 10.1 Å². The van der Waals surface area contributed by atoms with Gasteiger partial charge in [-0.05, 0) is 6.07 Å². The van der Waals surface area contributed by atoms with Crippen LogP contribution in [0.3, 0.4) is 0 Å². The van der Waals surface area contributed by atoms with Gasteiger partial charge in [-0.15, -0.1) is 11.6 Å². The van der Waals surface area contributed by atoms with Gasteiger partial charge in [0, 0.05) is 11.6 Å². The Hall–Kier alpha value is -1.70. The molecule has 0 N–H and O–H groups in total. The summed E-state index contributed by atoms with van der Waals surface area (Å²) < 4.78 is 66.9. The Morgan fingerprint density at radius 2 is 1.90 bits per heavy atom. The molecule has 3 nitrogen and oxygen atoms in total. The minimum Gasteiger partial charge on any atom is -0.250 e. The van der Waals surface area contributed by atoms with Crippen LogP contribution in [-0.4, -0.2) is 20.9 Å². The molecule has 0 amide bonds. The summed E-state index contributed by atoms with van der Waals surface area (Å²) in [5.74, 6) is -2.37. The van der Waals surface area contributed by atoms with E-state index in [1.807, 2.05) is 0 Å². The van der Waals surface area contributed by atoms with E-state index in [0.717, 1.165) is 17.3 Å². The van der Waals surface area contributed by atoms with E-state index < -0.39 is 34.8 Å². The van der Waals surface area contributed by atoms with Crippen LogP contribution < -0.4 is 0 Å². The topological polar surface area (TPSA) is 30.7 Å². The Morgan fingerprint density at radius 1 is 1.20 bits per heavy atom. The predicted octanol–water partition coefficient (Wildman–Crippen LogP) is 3.25. The largest absolute Gasteiger partial charge is 0.413 e. The van der Waals surface area contributed by atoms with E-state index in [1.54, 1.807) is 0 Å². The molecule has 2 rings (SSSR count). The van der Waals surface area contributed by atoms with E-state index in [9.17, 15) is 22.0 Å². The van der Waals surface area contributed by atoms with Crippen molar-refractivity contribution in [2.45, 2.75) is 17.6 Å². The summed E-state index contributed by atoms with van der Waals surface area (Å²) in [4.78, 5) is 0.420. The Kier molecular flexibility index (Phi) is 3.68. The molecular weight excluding hydrogens is 305 g/mol. The molecule has 1 atom stereocenters. The average Bonchev–Trinajstić information content (AvgIpc) is 2.79. The lowest BCUT2D eigenvalue weighted by atomic mass is 9.96. The normalized spacial score (nSPS) is 15.1. The number of aromatic nitrogens is 3. The molecule has 2 aromatic rings. The highest BCUT2D eigenvalue weighted by Gasteiger charge is 2.56. The fourth-order valence-corrected chi connectivity index (χ4v) is 1.95. The average molecular weight is 312 g/mol. The maximum absolute atomic E-state index is 13.6. The van der Waals surface area contributed by atoms with Crippen molar-refractivity contribution in [3.05, 3.63) is 48.1 Å². The van der Waals surface area contributed by atoms with Gasteiger partial charge in [0.2, 0.25) is 0 Å². The lowest BCUT2D eigenvalue weighted by Crippen LogP contribution is -2.42. The lowest BCUT2D eigenvalue weighted by molar-refractivity contribution is -0.169. The van der Waals surface area contributed by atoms with E-state index in [1.165, 1.54) is 0 Å². The second kappa shape index (κ2) is 5.01. The van der Waals surface area contributed by atoms with Crippen LogP contribution >= 0.6 is 11.6 Å². The van der Waals surface area contributed by atoms with Gasteiger partial charge in [0.05, 0.1) is 6.54 Å². The number of halogens is 6. The van der Waals surface area contributed by atoms with E-state index >= 15 is 0 Å². The van der Waals surface area contributed by atoms with E-state index in [4.69, 9.17) is 11.6 Å². The van der Waals surface area contributed by atoms with Crippen molar-refractivity contribution in [2.75, 3.05) is 0 Å². The second-order valence-corrected chi connectivity index (χ2v) is 4.66. The monoisotopic (exact) mass is 311 g/mol. The quantitative estimate of drug-likeness (QED) is 0.643. The van der Waals surface area contributed by atoms with Crippen LogP contribution in [0.2, 0.25) is 0 Å². The third kappa shape index (κ3) is 2.60. The molecule has 0 spiro atoms. The number of hydrogen-bond acceptors (Lipinski definition) is 2. The van der Waals surface area contributed by atoms with Crippen LogP contribution in [0.4, 0.5) is 22.0 Å². The summed E-state index contributed by atoms with van der Waals surface area (Å²) in [6.07, 6.45) is -2.93. The minimum absolute atomic E-state index is 0.347. The molecule has 0 saturated heterocycles. The molecule has 108 valence electrons. The van der Waals surface area contributed by atoms with Crippen LogP contribution in [0, 0.1) is 11.6 Å². The van der Waals surface area contributed by atoms with Gasteiger partial charge in [0.1, 0.15) is 24.3 Å². The summed E-state index contributed by atoms with van der Waals surface area (Å²) in [6, 6.07) is 1.73. The summed E-state index contributed by atoms with van der Waals surface area (Å²) in [7, 11) is 0. The van der Waals surface area contributed by atoms with Gasteiger partial charge < -0.3 is 0 Å². The highest BCUT2D eigenvalue weighted by Crippen LogP contribution is 2.46. The first kappa shape index (κ1) is 14.7. The Labute approximate surface area is 115 Å². The number of rotatable bonds is 3. The van der Waals surface area contributed by atoms with Crippen LogP contribution in [-0.2, 0) is 11.4 Å². The molecule has 1 aromatic carbocycles. The zero-order valence-corrected chi connectivity index (χ0v) is 10.5. The Balaban J connectivity index is 2.52. The zero-order valence-electron chi connectivity index (χ0n) is 9.70. The molecule has 0 saturated carbocycles. The van der Waals surface area contributed by atoms with Crippen molar-refractivity contribution < 1.29 is 22.0 Å². The van der Waals surface area contributed by atoms with Gasteiger partial charge in [0.25, 0.3) is 0 Å². The third-order valence-electron chi connectivity index (χ3n) is 2.65. The fourth-order valence-electron chi connectivity index (χ4n) is 1.68. The highest BCUT2D eigenvalue weighted by atomic mass is 35.5. The molecule has 0 bridgehead atoms. The van der Waals surface area contributed by atoms with Gasteiger partial charge in [-0.2, -0.15) is 18.3 Å². The second-order valence-electron chi connectivity index (χ2n) is 4.02. The van der Waals surface area contributed by atoms with Gasteiger partial charge in [-0.3, -0.25) is 4.68 Å². The summed E-state index contributed by atoms with van der Waals surface area (Å²) in [5.41, 5.74) is -0.872. The molecule has 20 heavy (non-hydrogen) atoms. The van der Waals surface area contributed by atoms with Crippen molar-refractivity contribution in [3.63, 3.8) is 0 Å². The van der Waals surface area contributed by atoms with E-state index in [0.29, 0.717) is 18.2 Å². The first-order chi connectivity index (χ1) is 9.24. The molecular formula is C11H7ClF5N3. The van der Waals surface area contributed by atoms with Gasteiger partial charge in [0.15, 0.2) is 4.87 Å². The molecule has 0 aliphatic heterocycles. The number of benzene rings is 1.